The molecule has 2 aromatic carbocycles. The van der Waals surface area contributed by atoms with Gasteiger partial charge in [-0.15, -0.1) is 0 Å². The van der Waals surface area contributed by atoms with Gasteiger partial charge >= 0.3 is 5.97 Å². The van der Waals surface area contributed by atoms with Crippen LogP contribution in [-0.4, -0.2) is 42.4 Å². The van der Waals surface area contributed by atoms with Crippen LogP contribution in [-0.2, 0) is 9.53 Å². The van der Waals surface area contributed by atoms with E-state index in [-0.39, 0.29) is 31.6 Å². The predicted octanol–water partition coefficient (Wildman–Crippen LogP) is 3.67. The Morgan fingerprint density at radius 3 is 2.50 bits per heavy atom. The van der Waals surface area contributed by atoms with Gasteiger partial charge in [-0.3, -0.25) is 14.5 Å². The largest absolute Gasteiger partial charge is 0.482 e. The zero-order chi connectivity index (χ0) is 20.3. The first kappa shape index (κ1) is 20.1. The number of amides is 2. The minimum absolute atomic E-state index is 0.103. The molecule has 0 saturated heterocycles. The average molecular weight is 446 g/mol. The van der Waals surface area contributed by atoms with Gasteiger partial charge in [0, 0.05) is 11.0 Å². The highest BCUT2D eigenvalue weighted by Crippen LogP contribution is 2.26. The van der Waals surface area contributed by atoms with E-state index in [0.29, 0.717) is 23.3 Å². The highest BCUT2D eigenvalue weighted by molar-refractivity contribution is 9.10. The summed E-state index contributed by atoms with van der Waals surface area (Å²) in [4.78, 5) is 37.7. The van der Waals surface area contributed by atoms with Crippen LogP contribution in [0.15, 0.2) is 40.9 Å². The number of fused-ring (bicyclic) bond motifs is 1. The fourth-order valence-electron chi connectivity index (χ4n) is 2.86. The predicted molar refractivity (Wildman–Crippen MR) is 106 cm³/mol. The lowest BCUT2D eigenvalue weighted by Crippen LogP contribution is -2.31. The fourth-order valence-corrected chi connectivity index (χ4v) is 3.22. The number of imide groups is 1. The van der Waals surface area contributed by atoms with Crippen molar-refractivity contribution in [3.63, 3.8) is 0 Å². The third kappa shape index (κ3) is 4.42. The molecular weight excluding hydrogens is 426 g/mol. The van der Waals surface area contributed by atoms with E-state index >= 15 is 0 Å². The Labute approximate surface area is 171 Å². The highest BCUT2D eigenvalue weighted by Gasteiger charge is 2.35. The van der Waals surface area contributed by atoms with Crippen LogP contribution < -0.4 is 4.74 Å². The van der Waals surface area contributed by atoms with E-state index in [1.165, 1.54) is 4.90 Å². The zero-order valence-electron chi connectivity index (χ0n) is 15.7. The topological polar surface area (TPSA) is 72.9 Å². The van der Waals surface area contributed by atoms with Crippen molar-refractivity contribution in [3.8, 4) is 5.75 Å². The first-order chi connectivity index (χ1) is 13.4. The molecule has 0 saturated carbocycles. The molecule has 0 spiro atoms. The molecule has 0 aliphatic carbocycles. The quantitative estimate of drug-likeness (QED) is 0.369. The van der Waals surface area contributed by atoms with E-state index in [2.05, 4.69) is 15.9 Å². The standard InChI is InChI=1S/C21H20BrNO5/c1-13-4-6-16(10-14(13)2)28-12-19(24)27-9-3-8-23-20(25)17-7-5-15(22)11-18(17)21(23)26/h4-7,10-11H,3,8-9,12H2,1-2H3. The number of carbonyl (C=O) groups excluding carboxylic acids is 3. The normalized spacial score (nSPS) is 12.9. The average Bonchev–Trinajstić information content (AvgIpc) is 2.90. The summed E-state index contributed by atoms with van der Waals surface area (Å²) in [5.74, 6) is -0.538. The lowest BCUT2D eigenvalue weighted by Gasteiger charge is -2.13. The lowest BCUT2D eigenvalue weighted by molar-refractivity contribution is -0.146. The van der Waals surface area contributed by atoms with Gasteiger partial charge in [-0.25, -0.2) is 4.79 Å². The molecule has 0 N–H and O–H groups in total. The monoisotopic (exact) mass is 445 g/mol. The Kier molecular flexibility index (Phi) is 6.14. The maximum absolute atomic E-state index is 12.4. The molecule has 146 valence electrons. The van der Waals surface area contributed by atoms with Gasteiger partial charge in [0.25, 0.3) is 11.8 Å². The Bertz CT molecular complexity index is 940. The van der Waals surface area contributed by atoms with Gasteiger partial charge in [0.2, 0.25) is 0 Å². The molecule has 0 aromatic heterocycles. The number of aryl methyl sites for hydroxylation is 2. The molecule has 0 unspecified atom stereocenters. The molecular formula is C21H20BrNO5. The van der Waals surface area contributed by atoms with Crippen LogP contribution in [0.3, 0.4) is 0 Å². The first-order valence-electron chi connectivity index (χ1n) is 8.88. The van der Waals surface area contributed by atoms with E-state index < -0.39 is 5.97 Å². The second kappa shape index (κ2) is 8.56. The smallest absolute Gasteiger partial charge is 0.344 e. The maximum atomic E-state index is 12.4. The van der Waals surface area contributed by atoms with E-state index in [1.807, 2.05) is 26.0 Å². The van der Waals surface area contributed by atoms with Crippen LogP contribution in [0.25, 0.3) is 0 Å². The van der Waals surface area contributed by atoms with Crippen molar-refractivity contribution in [1.29, 1.82) is 0 Å². The summed E-state index contributed by atoms with van der Waals surface area (Å²) in [7, 11) is 0. The molecule has 0 atom stereocenters. The van der Waals surface area contributed by atoms with Gasteiger partial charge in [0.1, 0.15) is 5.75 Å². The second-order valence-corrected chi connectivity index (χ2v) is 7.48. The Morgan fingerprint density at radius 2 is 1.75 bits per heavy atom. The number of carbonyl (C=O) groups is 3. The van der Waals surface area contributed by atoms with E-state index in [0.717, 1.165) is 15.6 Å². The molecule has 3 rings (SSSR count). The number of nitrogens with zero attached hydrogens (tertiary/aromatic N) is 1. The van der Waals surface area contributed by atoms with Gasteiger partial charge in [0.15, 0.2) is 6.61 Å². The SMILES string of the molecule is Cc1ccc(OCC(=O)OCCCN2C(=O)c3ccc(Br)cc3C2=O)cc1C. The fraction of sp³-hybridized carbons (Fsp3) is 0.286. The number of hydrogen-bond acceptors (Lipinski definition) is 5. The second-order valence-electron chi connectivity index (χ2n) is 6.56. The summed E-state index contributed by atoms with van der Waals surface area (Å²) in [6.45, 7) is 4.07. The highest BCUT2D eigenvalue weighted by atomic mass is 79.9. The van der Waals surface area contributed by atoms with Crippen molar-refractivity contribution in [2.75, 3.05) is 19.8 Å². The van der Waals surface area contributed by atoms with Crippen molar-refractivity contribution in [2.45, 2.75) is 20.3 Å². The Hall–Kier alpha value is -2.67. The van der Waals surface area contributed by atoms with E-state index in [9.17, 15) is 14.4 Å². The summed E-state index contributed by atoms with van der Waals surface area (Å²) in [5, 5.41) is 0. The van der Waals surface area contributed by atoms with Gasteiger partial charge in [-0.2, -0.15) is 0 Å². The summed E-state index contributed by atoms with van der Waals surface area (Å²) in [5.41, 5.74) is 3.01. The van der Waals surface area contributed by atoms with Crippen LogP contribution in [0.1, 0.15) is 38.3 Å². The number of rotatable bonds is 7. The number of esters is 1. The minimum Gasteiger partial charge on any atom is -0.482 e. The molecule has 1 aliphatic heterocycles. The number of halogens is 1. The number of benzene rings is 2. The summed E-state index contributed by atoms with van der Waals surface area (Å²) >= 11 is 3.30. The maximum Gasteiger partial charge on any atom is 0.344 e. The molecule has 2 amide bonds. The van der Waals surface area contributed by atoms with Crippen LogP contribution in [0.4, 0.5) is 0 Å². The summed E-state index contributed by atoms with van der Waals surface area (Å²) in [6.07, 6.45) is 0.363. The molecule has 7 heteroatoms. The first-order valence-corrected chi connectivity index (χ1v) is 9.67. The van der Waals surface area contributed by atoms with Crippen LogP contribution in [0.5, 0.6) is 5.75 Å². The van der Waals surface area contributed by atoms with Gasteiger partial charge < -0.3 is 9.47 Å². The third-order valence-electron chi connectivity index (χ3n) is 4.56. The zero-order valence-corrected chi connectivity index (χ0v) is 17.2. The lowest BCUT2D eigenvalue weighted by atomic mass is 10.1. The van der Waals surface area contributed by atoms with E-state index in [1.54, 1.807) is 24.3 Å². The molecule has 6 nitrogen and oxygen atoms in total. The van der Waals surface area contributed by atoms with Crippen LogP contribution >= 0.6 is 15.9 Å². The van der Waals surface area contributed by atoms with Crippen molar-refractivity contribution in [1.82, 2.24) is 4.90 Å². The van der Waals surface area contributed by atoms with Crippen molar-refractivity contribution < 1.29 is 23.9 Å². The van der Waals surface area contributed by atoms with Crippen molar-refractivity contribution in [2.24, 2.45) is 0 Å². The molecule has 0 bridgehead atoms. The van der Waals surface area contributed by atoms with Crippen molar-refractivity contribution >= 4 is 33.7 Å². The third-order valence-corrected chi connectivity index (χ3v) is 5.05. The summed E-state index contributed by atoms with van der Waals surface area (Å²) in [6, 6.07) is 10.6. The molecule has 0 fully saturated rings. The molecule has 2 aromatic rings. The number of ether oxygens (including phenoxy) is 2. The van der Waals surface area contributed by atoms with Crippen molar-refractivity contribution in [3.05, 3.63) is 63.1 Å². The Morgan fingerprint density at radius 1 is 1.00 bits per heavy atom. The van der Waals surface area contributed by atoms with Crippen LogP contribution in [0, 0.1) is 13.8 Å². The molecule has 0 radical (unpaired) electrons. The molecule has 1 aliphatic rings. The van der Waals surface area contributed by atoms with Crippen LogP contribution in [0.2, 0.25) is 0 Å². The minimum atomic E-state index is -0.496. The van der Waals surface area contributed by atoms with Gasteiger partial charge in [-0.05, 0) is 61.7 Å². The molecule has 28 heavy (non-hydrogen) atoms. The summed E-state index contributed by atoms with van der Waals surface area (Å²) < 4.78 is 11.3. The molecule has 1 heterocycles. The van der Waals surface area contributed by atoms with Gasteiger partial charge in [-0.1, -0.05) is 22.0 Å². The Balaban J connectivity index is 1.42. The van der Waals surface area contributed by atoms with Gasteiger partial charge in [0.05, 0.1) is 17.7 Å². The van der Waals surface area contributed by atoms with E-state index in [4.69, 9.17) is 9.47 Å². The number of hydrogen-bond donors (Lipinski definition) is 0.